The van der Waals surface area contributed by atoms with Crippen LogP contribution in [0.4, 0.5) is 8.78 Å². The molecule has 0 unspecified atom stereocenters. The maximum atomic E-state index is 12.0. The van der Waals surface area contributed by atoms with E-state index in [1.165, 1.54) is 24.3 Å². The Bertz CT molecular complexity index is 533. The highest BCUT2D eigenvalue weighted by Crippen LogP contribution is 2.28. The second-order valence-corrected chi connectivity index (χ2v) is 3.78. The molecule has 0 atom stereocenters. The molecule has 84 valence electrons. The molecule has 0 saturated carbocycles. The highest BCUT2D eigenvalue weighted by Gasteiger charge is 2.08. The minimum Gasteiger partial charge on any atom is -0.435 e. The molecule has 1 aromatic heterocycles. The van der Waals surface area contributed by atoms with E-state index in [1.807, 2.05) is 0 Å². The summed E-state index contributed by atoms with van der Waals surface area (Å²) in [6.07, 6.45) is 0. The minimum absolute atomic E-state index is 0.0357. The summed E-state index contributed by atoms with van der Waals surface area (Å²) in [4.78, 5) is 3.99. The first-order valence-electron chi connectivity index (χ1n) is 4.27. The van der Waals surface area contributed by atoms with Gasteiger partial charge in [-0.3, -0.25) is 0 Å². The molecule has 0 aliphatic heterocycles. The Balaban J connectivity index is 2.53. The molecular weight excluding hydrogens is 259 g/mol. The van der Waals surface area contributed by atoms with Crippen molar-refractivity contribution in [1.29, 1.82) is 0 Å². The highest BCUT2D eigenvalue weighted by molar-refractivity contribution is 6.37. The topological polar surface area (TPSA) is 22.1 Å². The standard InChI is InChI=1S/C10H5Cl2F2NO/c11-7-4-9(12)15-8-2-1-5(3-6(7)8)16-10(13)14/h1-4,10H. The zero-order chi connectivity index (χ0) is 11.7. The molecule has 1 heterocycles. The largest absolute Gasteiger partial charge is 0.435 e. The summed E-state index contributed by atoms with van der Waals surface area (Å²) in [5.74, 6) is 0.0357. The van der Waals surface area contributed by atoms with E-state index >= 15 is 0 Å². The molecule has 1 aromatic carbocycles. The van der Waals surface area contributed by atoms with E-state index in [9.17, 15) is 8.78 Å². The van der Waals surface area contributed by atoms with Crippen molar-refractivity contribution in [2.24, 2.45) is 0 Å². The Morgan fingerprint density at radius 2 is 1.94 bits per heavy atom. The molecule has 0 bridgehead atoms. The molecule has 16 heavy (non-hydrogen) atoms. The summed E-state index contributed by atoms with van der Waals surface area (Å²) in [5.41, 5.74) is 0.527. The molecule has 0 spiro atoms. The molecular formula is C10H5Cl2F2NO. The third-order valence-electron chi connectivity index (χ3n) is 1.92. The number of ether oxygens (including phenoxy) is 1. The van der Waals surface area contributed by atoms with E-state index in [0.717, 1.165) is 0 Å². The summed E-state index contributed by atoms with van der Waals surface area (Å²) in [5, 5.41) is 1.11. The van der Waals surface area contributed by atoms with Gasteiger partial charge < -0.3 is 4.74 Å². The average molecular weight is 264 g/mol. The number of nitrogens with zero attached hydrogens (tertiary/aromatic N) is 1. The van der Waals surface area contributed by atoms with Crippen LogP contribution >= 0.6 is 23.2 Å². The molecule has 2 nitrogen and oxygen atoms in total. The van der Waals surface area contributed by atoms with E-state index in [-0.39, 0.29) is 10.9 Å². The van der Waals surface area contributed by atoms with Crippen molar-refractivity contribution >= 4 is 34.1 Å². The summed E-state index contributed by atoms with van der Waals surface area (Å²) in [6.45, 7) is -2.86. The van der Waals surface area contributed by atoms with Gasteiger partial charge in [-0.05, 0) is 24.3 Å². The van der Waals surface area contributed by atoms with Crippen molar-refractivity contribution < 1.29 is 13.5 Å². The number of hydrogen-bond donors (Lipinski definition) is 0. The van der Waals surface area contributed by atoms with E-state index in [2.05, 4.69) is 9.72 Å². The normalized spacial score (nSPS) is 11.1. The average Bonchev–Trinajstić information content (AvgIpc) is 2.18. The van der Waals surface area contributed by atoms with Gasteiger partial charge in [0, 0.05) is 5.39 Å². The van der Waals surface area contributed by atoms with Gasteiger partial charge in [-0.25, -0.2) is 4.98 Å². The van der Waals surface area contributed by atoms with Gasteiger partial charge in [-0.2, -0.15) is 8.78 Å². The maximum Gasteiger partial charge on any atom is 0.387 e. The van der Waals surface area contributed by atoms with Crippen molar-refractivity contribution in [1.82, 2.24) is 4.98 Å². The van der Waals surface area contributed by atoms with Gasteiger partial charge in [0.1, 0.15) is 10.9 Å². The number of hydrogen-bond acceptors (Lipinski definition) is 2. The zero-order valence-electron chi connectivity index (χ0n) is 7.75. The van der Waals surface area contributed by atoms with Crippen LogP contribution in [-0.4, -0.2) is 11.6 Å². The van der Waals surface area contributed by atoms with Crippen LogP contribution < -0.4 is 4.74 Å². The van der Waals surface area contributed by atoms with Crippen LogP contribution in [0.2, 0.25) is 10.2 Å². The first-order valence-corrected chi connectivity index (χ1v) is 5.02. The summed E-state index contributed by atoms with van der Waals surface area (Å²) in [6, 6.07) is 5.74. The Labute approximate surface area is 99.7 Å². The lowest BCUT2D eigenvalue weighted by Gasteiger charge is -2.06. The van der Waals surface area contributed by atoms with Crippen molar-refractivity contribution in [3.05, 3.63) is 34.4 Å². The minimum atomic E-state index is -2.86. The highest BCUT2D eigenvalue weighted by atomic mass is 35.5. The number of pyridine rings is 1. The molecule has 0 aliphatic rings. The Morgan fingerprint density at radius 3 is 2.62 bits per heavy atom. The molecule has 0 radical (unpaired) electrons. The van der Waals surface area contributed by atoms with Crippen molar-refractivity contribution in [2.45, 2.75) is 6.61 Å². The van der Waals surface area contributed by atoms with Crippen molar-refractivity contribution in [2.75, 3.05) is 0 Å². The lowest BCUT2D eigenvalue weighted by molar-refractivity contribution is -0.0497. The second kappa shape index (κ2) is 4.39. The van der Waals surface area contributed by atoms with Gasteiger partial charge in [0.2, 0.25) is 0 Å². The molecule has 6 heteroatoms. The number of aromatic nitrogens is 1. The number of halogens is 4. The van der Waals surface area contributed by atoms with Crippen LogP contribution in [0.3, 0.4) is 0 Å². The molecule has 0 fully saturated rings. The predicted molar refractivity (Wildman–Crippen MR) is 58.4 cm³/mol. The number of alkyl halides is 2. The van der Waals surface area contributed by atoms with Gasteiger partial charge in [-0.15, -0.1) is 0 Å². The van der Waals surface area contributed by atoms with Crippen LogP contribution in [0.15, 0.2) is 24.3 Å². The molecule has 0 aliphatic carbocycles. The number of benzene rings is 1. The first-order chi connectivity index (χ1) is 7.56. The van der Waals surface area contributed by atoms with Crippen LogP contribution in [0.1, 0.15) is 0 Å². The van der Waals surface area contributed by atoms with Gasteiger partial charge >= 0.3 is 6.61 Å². The number of fused-ring (bicyclic) bond motifs is 1. The summed E-state index contributed by atoms with van der Waals surface area (Å²) in [7, 11) is 0. The van der Waals surface area contributed by atoms with Crippen LogP contribution in [0, 0.1) is 0 Å². The SMILES string of the molecule is FC(F)Oc1ccc2nc(Cl)cc(Cl)c2c1. The Kier molecular flexibility index (Phi) is 3.12. The molecule has 2 rings (SSSR count). The lowest BCUT2D eigenvalue weighted by Crippen LogP contribution is -2.01. The van der Waals surface area contributed by atoms with Gasteiger partial charge in [0.05, 0.1) is 10.5 Å². The molecule has 2 aromatic rings. The van der Waals surface area contributed by atoms with Gasteiger partial charge in [0.15, 0.2) is 0 Å². The fourth-order valence-corrected chi connectivity index (χ4v) is 1.82. The Morgan fingerprint density at radius 1 is 1.19 bits per heavy atom. The Hall–Kier alpha value is -1.13. The van der Waals surface area contributed by atoms with Gasteiger partial charge in [-0.1, -0.05) is 23.2 Å². The van der Waals surface area contributed by atoms with Gasteiger partial charge in [0.25, 0.3) is 0 Å². The van der Waals surface area contributed by atoms with E-state index < -0.39 is 6.61 Å². The van der Waals surface area contributed by atoms with Crippen molar-refractivity contribution in [3.8, 4) is 5.75 Å². The fourth-order valence-electron chi connectivity index (χ4n) is 1.31. The summed E-state index contributed by atoms with van der Waals surface area (Å²) < 4.78 is 28.2. The number of rotatable bonds is 2. The summed E-state index contributed by atoms with van der Waals surface area (Å²) >= 11 is 11.6. The lowest BCUT2D eigenvalue weighted by atomic mass is 10.2. The second-order valence-electron chi connectivity index (χ2n) is 2.98. The van der Waals surface area contributed by atoms with E-state index in [4.69, 9.17) is 23.2 Å². The van der Waals surface area contributed by atoms with E-state index in [1.54, 1.807) is 0 Å². The fraction of sp³-hybridized carbons (Fsp3) is 0.100. The van der Waals surface area contributed by atoms with E-state index in [0.29, 0.717) is 15.9 Å². The third kappa shape index (κ3) is 2.33. The monoisotopic (exact) mass is 263 g/mol. The first kappa shape index (κ1) is 11.4. The molecule has 0 saturated heterocycles. The van der Waals surface area contributed by atoms with Crippen LogP contribution in [0.5, 0.6) is 5.75 Å². The van der Waals surface area contributed by atoms with Crippen LogP contribution in [0.25, 0.3) is 10.9 Å². The molecule has 0 N–H and O–H groups in total. The molecule has 0 amide bonds. The quantitative estimate of drug-likeness (QED) is 0.760. The third-order valence-corrected chi connectivity index (χ3v) is 2.43. The van der Waals surface area contributed by atoms with Crippen molar-refractivity contribution in [3.63, 3.8) is 0 Å². The predicted octanol–water partition coefficient (Wildman–Crippen LogP) is 4.14. The zero-order valence-corrected chi connectivity index (χ0v) is 9.27. The maximum absolute atomic E-state index is 12.0. The van der Waals surface area contributed by atoms with Crippen LogP contribution in [-0.2, 0) is 0 Å². The smallest absolute Gasteiger partial charge is 0.387 e.